The van der Waals surface area contributed by atoms with Gasteiger partial charge in [0.2, 0.25) is 0 Å². The van der Waals surface area contributed by atoms with E-state index in [2.05, 4.69) is 5.32 Å². The van der Waals surface area contributed by atoms with E-state index in [1.54, 1.807) is 19.6 Å². The van der Waals surface area contributed by atoms with Gasteiger partial charge in [0.05, 0.1) is 12.7 Å². The molecule has 0 radical (unpaired) electrons. The van der Waals surface area contributed by atoms with Gasteiger partial charge in [-0.3, -0.25) is 0 Å². The standard InChI is InChI=1S/C11H17NO4S/c1-15-7-9(16-2)6-12-5-8-3-4-17-10(8)11(13)14/h3-4,9,12H,5-7H2,1-2H3,(H,13,14). The molecular weight excluding hydrogens is 242 g/mol. The predicted molar refractivity (Wildman–Crippen MR) is 65.7 cm³/mol. The maximum absolute atomic E-state index is 10.9. The van der Waals surface area contributed by atoms with E-state index >= 15 is 0 Å². The third-order valence-corrected chi connectivity index (χ3v) is 3.26. The number of nitrogens with one attached hydrogen (secondary N) is 1. The van der Waals surface area contributed by atoms with Gasteiger partial charge in [-0.15, -0.1) is 11.3 Å². The Bertz CT molecular complexity index is 353. The molecule has 0 aliphatic carbocycles. The summed E-state index contributed by atoms with van der Waals surface area (Å²) in [6, 6.07) is 1.82. The predicted octanol–water partition coefficient (Wildman–Crippen LogP) is 1.20. The van der Waals surface area contributed by atoms with Crippen molar-refractivity contribution >= 4 is 17.3 Å². The number of aromatic carboxylic acids is 1. The van der Waals surface area contributed by atoms with Crippen LogP contribution in [0.4, 0.5) is 0 Å². The fraction of sp³-hybridized carbons (Fsp3) is 0.545. The van der Waals surface area contributed by atoms with Crippen LogP contribution in [0.2, 0.25) is 0 Å². The zero-order valence-corrected chi connectivity index (χ0v) is 10.8. The first kappa shape index (κ1) is 14.1. The van der Waals surface area contributed by atoms with Crippen molar-refractivity contribution in [2.45, 2.75) is 12.6 Å². The van der Waals surface area contributed by atoms with Crippen molar-refractivity contribution < 1.29 is 19.4 Å². The fourth-order valence-corrected chi connectivity index (χ4v) is 2.19. The number of methoxy groups -OCH3 is 2. The Balaban J connectivity index is 2.39. The Labute approximate surface area is 104 Å². The van der Waals surface area contributed by atoms with Crippen molar-refractivity contribution in [3.63, 3.8) is 0 Å². The SMILES string of the molecule is COCC(CNCc1ccsc1C(=O)O)OC. The highest BCUT2D eigenvalue weighted by Gasteiger charge is 2.12. The maximum Gasteiger partial charge on any atom is 0.346 e. The molecule has 6 heteroatoms. The molecule has 0 amide bonds. The quantitative estimate of drug-likeness (QED) is 0.734. The zero-order valence-electron chi connectivity index (χ0n) is 9.93. The van der Waals surface area contributed by atoms with Crippen molar-refractivity contribution in [1.82, 2.24) is 5.32 Å². The highest BCUT2D eigenvalue weighted by Crippen LogP contribution is 2.16. The molecule has 0 bridgehead atoms. The van der Waals surface area contributed by atoms with Gasteiger partial charge in [0, 0.05) is 27.3 Å². The van der Waals surface area contributed by atoms with Crippen LogP contribution in [-0.4, -0.2) is 44.6 Å². The second-order valence-corrected chi connectivity index (χ2v) is 4.44. The fourth-order valence-electron chi connectivity index (χ4n) is 1.43. The van der Waals surface area contributed by atoms with Gasteiger partial charge in [0.1, 0.15) is 4.88 Å². The number of thiophene rings is 1. The number of hydrogen-bond acceptors (Lipinski definition) is 5. The van der Waals surface area contributed by atoms with E-state index in [0.29, 0.717) is 24.6 Å². The Morgan fingerprint density at radius 2 is 2.35 bits per heavy atom. The number of hydrogen-bond donors (Lipinski definition) is 2. The number of ether oxygens (including phenoxy) is 2. The summed E-state index contributed by atoms with van der Waals surface area (Å²) in [6.45, 7) is 1.66. The normalized spacial score (nSPS) is 12.6. The molecule has 0 fully saturated rings. The average Bonchev–Trinajstić information content (AvgIpc) is 2.76. The molecule has 0 spiro atoms. The van der Waals surface area contributed by atoms with E-state index in [0.717, 1.165) is 5.56 Å². The molecule has 0 aliphatic heterocycles. The first-order valence-electron chi connectivity index (χ1n) is 5.21. The molecule has 0 aromatic carbocycles. The molecule has 96 valence electrons. The number of carbonyl (C=O) groups is 1. The summed E-state index contributed by atoms with van der Waals surface area (Å²) in [5, 5.41) is 13.9. The Morgan fingerprint density at radius 1 is 1.59 bits per heavy atom. The van der Waals surface area contributed by atoms with Gasteiger partial charge >= 0.3 is 5.97 Å². The van der Waals surface area contributed by atoms with Crippen LogP contribution < -0.4 is 5.32 Å². The minimum atomic E-state index is -0.878. The molecule has 17 heavy (non-hydrogen) atoms. The van der Waals surface area contributed by atoms with Crippen molar-refractivity contribution in [3.05, 3.63) is 21.9 Å². The maximum atomic E-state index is 10.9. The second kappa shape index (κ2) is 7.39. The minimum Gasteiger partial charge on any atom is -0.477 e. The third kappa shape index (κ3) is 4.43. The lowest BCUT2D eigenvalue weighted by molar-refractivity contribution is 0.0288. The number of rotatable bonds is 8. The van der Waals surface area contributed by atoms with Gasteiger partial charge in [0.25, 0.3) is 0 Å². The summed E-state index contributed by atoms with van der Waals surface area (Å²) in [5.74, 6) is -0.878. The van der Waals surface area contributed by atoms with Crippen LogP contribution in [0.1, 0.15) is 15.2 Å². The molecule has 5 nitrogen and oxygen atoms in total. The van der Waals surface area contributed by atoms with Gasteiger partial charge in [-0.05, 0) is 17.0 Å². The molecule has 1 aromatic heterocycles. The van der Waals surface area contributed by atoms with Crippen molar-refractivity contribution in [3.8, 4) is 0 Å². The average molecular weight is 259 g/mol. The zero-order chi connectivity index (χ0) is 12.7. The summed E-state index contributed by atoms with van der Waals surface area (Å²) in [7, 11) is 3.24. The molecule has 0 saturated heterocycles. The van der Waals surface area contributed by atoms with Crippen LogP contribution in [0, 0.1) is 0 Å². The van der Waals surface area contributed by atoms with Crippen LogP contribution >= 0.6 is 11.3 Å². The molecule has 2 N–H and O–H groups in total. The lowest BCUT2D eigenvalue weighted by atomic mass is 10.2. The Morgan fingerprint density at radius 3 is 2.94 bits per heavy atom. The van der Waals surface area contributed by atoms with Crippen molar-refractivity contribution in [1.29, 1.82) is 0 Å². The lowest BCUT2D eigenvalue weighted by Crippen LogP contribution is -2.31. The van der Waals surface area contributed by atoms with Crippen LogP contribution in [0.25, 0.3) is 0 Å². The van der Waals surface area contributed by atoms with Crippen LogP contribution in [0.3, 0.4) is 0 Å². The van der Waals surface area contributed by atoms with Gasteiger partial charge in [-0.25, -0.2) is 4.79 Å². The van der Waals surface area contributed by atoms with Crippen LogP contribution in [0.15, 0.2) is 11.4 Å². The summed E-state index contributed by atoms with van der Waals surface area (Å²) in [5.41, 5.74) is 0.801. The van der Waals surface area contributed by atoms with Gasteiger partial charge < -0.3 is 19.9 Å². The smallest absolute Gasteiger partial charge is 0.346 e. The molecule has 0 saturated carbocycles. The number of carboxylic acid groups (broad SMARTS) is 1. The van der Waals surface area contributed by atoms with Crippen molar-refractivity contribution in [2.24, 2.45) is 0 Å². The number of carboxylic acids is 1. The third-order valence-electron chi connectivity index (χ3n) is 2.31. The summed E-state index contributed by atoms with van der Waals surface area (Å²) in [6.07, 6.45) is -0.0214. The minimum absolute atomic E-state index is 0.0214. The van der Waals surface area contributed by atoms with Gasteiger partial charge in [-0.2, -0.15) is 0 Å². The molecular formula is C11H17NO4S. The van der Waals surface area contributed by atoms with Crippen LogP contribution in [0.5, 0.6) is 0 Å². The van der Waals surface area contributed by atoms with E-state index in [1.165, 1.54) is 11.3 Å². The Hall–Kier alpha value is -0.950. The van der Waals surface area contributed by atoms with E-state index < -0.39 is 5.97 Å². The monoisotopic (exact) mass is 259 g/mol. The molecule has 0 aliphatic rings. The topological polar surface area (TPSA) is 67.8 Å². The van der Waals surface area contributed by atoms with E-state index in [1.807, 2.05) is 6.07 Å². The molecule has 1 unspecified atom stereocenters. The first-order chi connectivity index (χ1) is 8.19. The van der Waals surface area contributed by atoms with E-state index in [4.69, 9.17) is 14.6 Å². The first-order valence-corrected chi connectivity index (χ1v) is 6.09. The molecule has 1 rings (SSSR count). The molecule has 1 heterocycles. The van der Waals surface area contributed by atoms with Gasteiger partial charge in [0.15, 0.2) is 0 Å². The summed E-state index contributed by atoms with van der Waals surface area (Å²) >= 11 is 1.24. The Kier molecular flexibility index (Phi) is 6.13. The van der Waals surface area contributed by atoms with Crippen molar-refractivity contribution in [2.75, 3.05) is 27.4 Å². The van der Waals surface area contributed by atoms with E-state index in [9.17, 15) is 4.79 Å². The largest absolute Gasteiger partial charge is 0.477 e. The van der Waals surface area contributed by atoms with E-state index in [-0.39, 0.29) is 6.10 Å². The van der Waals surface area contributed by atoms with Gasteiger partial charge in [-0.1, -0.05) is 0 Å². The van der Waals surface area contributed by atoms with Crippen LogP contribution in [-0.2, 0) is 16.0 Å². The highest BCUT2D eigenvalue weighted by atomic mass is 32.1. The summed E-state index contributed by atoms with van der Waals surface area (Å²) in [4.78, 5) is 11.3. The molecule has 1 aromatic rings. The summed E-state index contributed by atoms with van der Waals surface area (Å²) < 4.78 is 10.2. The highest BCUT2D eigenvalue weighted by molar-refractivity contribution is 7.12. The molecule has 1 atom stereocenters. The lowest BCUT2D eigenvalue weighted by Gasteiger charge is -2.14. The second-order valence-electron chi connectivity index (χ2n) is 3.52.